The molecule has 2 aromatic heterocycles. The van der Waals surface area contributed by atoms with Gasteiger partial charge in [0, 0.05) is 30.4 Å². The van der Waals surface area contributed by atoms with Crippen molar-refractivity contribution in [2.45, 2.75) is 19.3 Å². The molecule has 0 radical (unpaired) electrons. The molecule has 35 heavy (non-hydrogen) atoms. The first kappa shape index (κ1) is 22.5. The van der Waals surface area contributed by atoms with Gasteiger partial charge in [0.25, 0.3) is 11.5 Å². The molecule has 3 heterocycles. The monoisotopic (exact) mass is 466 g/mol. The van der Waals surface area contributed by atoms with Crippen LogP contribution in [-0.2, 0) is 6.42 Å². The smallest absolute Gasteiger partial charge is 0.276 e. The summed E-state index contributed by atoms with van der Waals surface area (Å²) in [6, 6.07) is 24.5. The third-order valence-electron chi connectivity index (χ3n) is 6.31. The van der Waals surface area contributed by atoms with Gasteiger partial charge >= 0.3 is 0 Å². The van der Waals surface area contributed by atoms with Crippen molar-refractivity contribution in [3.8, 4) is 11.3 Å². The van der Waals surface area contributed by atoms with E-state index in [-0.39, 0.29) is 17.2 Å². The highest BCUT2D eigenvalue weighted by molar-refractivity contribution is 6.02. The number of aromatic nitrogens is 4. The van der Waals surface area contributed by atoms with Gasteiger partial charge in [0.05, 0.1) is 5.69 Å². The van der Waals surface area contributed by atoms with Crippen molar-refractivity contribution in [3.05, 3.63) is 100 Å². The number of hydrogen-bond donors (Lipinski definition) is 2. The van der Waals surface area contributed by atoms with E-state index in [4.69, 9.17) is 0 Å². The fourth-order valence-corrected chi connectivity index (χ4v) is 4.35. The van der Waals surface area contributed by atoms with E-state index in [1.165, 1.54) is 11.6 Å². The molecule has 0 unspecified atom stereocenters. The largest absolute Gasteiger partial charge is 0.355 e. The quantitative estimate of drug-likeness (QED) is 0.446. The van der Waals surface area contributed by atoms with Gasteiger partial charge in [0.1, 0.15) is 0 Å². The fraction of sp³-hybridized carbons (Fsp3) is 0.222. The molecule has 0 atom stereocenters. The molecule has 4 aromatic rings. The standard InChI is InChI=1S/C27H26N6O2/c34-26-13-11-23(29-32-26)21-6-8-22(9-7-21)28-27(35)24-10-12-25(31-30-24)33-16-14-20(15-17-33)18-19-4-2-1-3-5-19/h1-13,20H,14-18H2,(H,28,35)(H,32,34). The van der Waals surface area contributed by atoms with Crippen molar-refractivity contribution in [2.75, 3.05) is 23.3 Å². The van der Waals surface area contributed by atoms with Gasteiger partial charge in [-0.1, -0.05) is 42.5 Å². The molecule has 1 aliphatic rings. The molecular weight excluding hydrogens is 440 g/mol. The summed E-state index contributed by atoms with van der Waals surface area (Å²) < 4.78 is 0. The zero-order chi connectivity index (χ0) is 24.0. The lowest BCUT2D eigenvalue weighted by atomic mass is 9.90. The number of H-pyrrole nitrogens is 1. The summed E-state index contributed by atoms with van der Waals surface area (Å²) in [5, 5.41) is 17.7. The number of carbonyl (C=O) groups excluding carboxylic acids is 1. The Kier molecular flexibility index (Phi) is 6.61. The minimum atomic E-state index is -0.319. The first-order chi connectivity index (χ1) is 17.1. The van der Waals surface area contributed by atoms with E-state index in [1.54, 1.807) is 24.3 Å². The Morgan fingerprint density at radius 1 is 0.914 bits per heavy atom. The Morgan fingerprint density at radius 3 is 2.34 bits per heavy atom. The third-order valence-corrected chi connectivity index (χ3v) is 6.31. The lowest BCUT2D eigenvalue weighted by Crippen LogP contribution is -2.35. The lowest BCUT2D eigenvalue weighted by molar-refractivity contribution is 0.102. The number of piperidine rings is 1. The van der Waals surface area contributed by atoms with E-state index in [1.807, 2.05) is 18.2 Å². The molecule has 0 bridgehead atoms. The second-order valence-electron chi connectivity index (χ2n) is 8.73. The van der Waals surface area contributed by atoms with Crippen LogP contribution in [0.25, 0.3) is 11.3 Å². The van der Waals surface area contributed by atoms with E-state index in [0.29, 0.717) is 17.3 Å². The zero-order valence-corrected chi connectivity index (χ0v) is 19.2. The maximum atomic E-state index is 12.6. The molecule has 0 spiro atoms. The Bertz CT molecular complexity index is 1310. The van der Waals surface area contributed by atoms with E-state index in [9.17, 15) is 9.59 Å². The van der Waals surface area contributed by atoms with Crippen molar-refractivity contribution in [1.82, 2.24) is 20.4 Å². The molecule has 0 saturated carbocycles. The first-order valence-corrected chi connectivity index (χ1v) is 11.7. The van der Waals surface area contributed by atoms with Crippen molar-refractivity contribution < 1.29 is 4.79 Å². The third kappa shape index (κ3) is 5.60. The molecule has 8 heteroatoms. The van der Waals surface area contributed by atoms with Gasteiger partial charge < -0.3 is 10.2 Å². The Labute approximate surface area is 203 Å². The highest BCUT2D eigenvalue weighted by atomic mass is 16.2. The molecule has 1 aliphatic heterocycles. The minimum Gasteiger partial charge on any atom is -0.355 e. The fourth-order valence-electron chi connectivity index (χ4n) is 4.35. The summed E-state index contributed by atoms with van der Waals surface area (Å²) in [4.78, 5) is 26.0. The second kappa shape index (κ2) is 10.3. The average molecular weight is 467 g/mol. The number of aromatic amines is 1. The van der Waals surface area contributed by atoms with Crippen molar-refractivity contribution in [1.29, 1.82) is 0 Å². The van der Waals surface area contributed by atoms with Crippen LogP contribution in [0.5, 0.6) is 0 Å². The topological polar surface area (TPSA) is 104 Å². The van der Waals surface area contributed by atoms with Crippen LogP contribution in [0.3, 0.4) is 0 Å². The van der Waals surface area contributed by atoms with Crippen LogP contribution < -0.4 is 15.8 Å². The predicted octanol–water partition coefficient (Wildman–Crippen LogP) is 3.94. The summed E-state index contributed by atoms with van der Waals surface area (Å²) in [5.41, 5.74) is 3.51. The van der Waals surface area contributed by atoms with Gasteiger partial charge in [-0.2, -0.15) is 5.10 Å². The molecule has 1 fully saturated rings. The van der Waals surface area contributed by atoms with Gasteiger partial charge in [0.2, 0.25) is 0 Å². The average Bonchev–Trinajstić information content (AvgIpc) is 2.91. The normalized spacial score (nSPS) is 14.0. The molecule has 176 valence electrons. The van der Waals surface area contributed by atoms with E-state index >= 15 is 0 Å². The van der Waals surface area contributed by atoms with Crippen LogP contribution in [0.15, 0.2) is 83.7 Å². The summed E-state index contributed by atoms with van der Waals surface area (Å²) in [6.07, 6.45) is 3.34. The Hall–Kier alpha value is -4.33. The van der Waals surface area contributed by atoms with Gasteiger partial charge in [-0.3, -0.25) is 9.59 Å². The number of amides is 1. The SMILES string of the molecule is O=C(Nc1ccc(-c2ccc(=O)[nH]n2)cc1)c1ccc(N2CCC(Cc3ccccc3)CC2)nn1. The molecular formula is C27H26N6O2. The van der Waals surface area contributed by atoms with Crippen molar-refractivity contribution >= 4 is 17.4 Å². The molecule has 5 rings (SSSR count). The molecule has 1 amide bonds. The van der Waals surface area contributed by atoms with Gasteiger partial charge in [-0.25, -0.2) is 5.10 Å². The van der Waals surface area contributed by atoms with Crippen LogP contribution in [0.1, 0.15) is 28.9 Å². The summed E-state index contributed by atoms with van der Waals surface area (Å²) in [5.74, 6) is 1.16. The Balaban J connectivity index is 1.15. The van der Waals surface area contributed by atoms with Crippen LogP contribution in [0.4, 0.5) is 11.5 Å². The highest BCUT2D eigenvalue weighted by Crippen LogP contribution is 2.25. The van der Waals surface area contributed by atoms with Crippen molar-refractivity contribution in [3.63, 3.8) is 0 Å². The highest BCUT2D eigenvalue weighted by Gasteiger charge is 2.21. The number of nitrogens with one attached hydrogen (secondary N) is 2. The van der Waals surface area contributed by atoms with Gasteiger partial charge in [-0.05, 0) is 61.1 Å². The summed E-state index contributed by atoms with van der Waals surface area (Å²) in [7, 11) is 0. The minimum absolute atomic E-state index is 0.252. The number of carbonyl (C=O) groups is 1. The molecule has 0 aliphatic carbocycles. The van der Waals surface area contributed by atoms with E-state index < -0.39 is 0 Å². The number of benzene rings is 2. The van der Waals surface area contributed by atoms with Gasteiger partial charge in [-0.15, -0.1) is 10.2 Å². The van der Waals surface area contributed by atoms with E-state index in [2.05, 4.69) is 60.9 Å². The van der Waals surface area contributed by atoms with Crippen LogP contribution in [0, 0.1) is 5.92 Å². The Morgan fingerprint density at radius 2 is 1.69 bits per heavy atom. The number of hydrogen-bond acceptors (Lipinski definition) is 6. The molecule has 2 N–H and O–H groups in total. The van der Waals surface area contributed by atoms with Crippen LogP contribution in [0.2, 0.25) is 0 Å². The number of rotatable bonds is 6. The molecule has 8 nitrogen and oxygen atoms in total. The maximum absolute atomic E-state index is 12.6. The van der Waals surface area contributed by atoms with E-state index in [0.717, 1.165) is 43.7 Å². The maximum Gasteiger partial charge on any atom is 0.276 e. The number of nitrogens with zero attached hydrogens (tertiary/aromatic N) is 4. The predicted molar refractivity (Wildman–Crippen MR) is 135 cm³/mol. The van der Waals surface area contributed by atoms with Crippen molar-refractivity contribution in [2.24, 2.45) is 5.92 Å². The summed E-state index contributed by atoms with van der Waals surface area (Å²) >= 11 is 0. The number of anilines is 2. The molecule has 2 aromatic carbocycles. The van der Waals surface area contributed by atoms with Crippen LogP contribution in [-0.4, -0.2) is 39.4 Å². The first-order valence-electron chi connectivity index (χ1n) is 11.7. The molecule has 1 saturated heterocycles. The zero-order valence-electron chi connectivity index (χ0n) is 19.2. The van der Waals surface area contributed by atoms with Gasteiger partial charge in [0.15, 0.2) is 11.5 Å². The van der Waals surface area contributed by atoms with Crippen LogP contribution >= 0.6 is 0 Å². The lowest BCUT2D eigenvalue weighted by Gasteiger charge is -2.32. The summed E-state index contributed by atoms with van der Waals surface area (Å²) in [6.45, 7) is 1.88. The second-order valence-corrected chi connectivity index (χ2v) is 8.73.